The lowest BCUT2D eigenvalue weighted by Gasteiger charge is -2.14. The Hall–Kier alpha value is -2.05. The molecule has 1 N–H and O–H groups in total. The average molecular weight is 356 g/mol. The fourth-order valence-corrected chi connectivity index (χ4v) is 2.71. The third-order valence-corrected chi connectivity index (χ3v) is 3.96. The fourth-order valence-electron chi connectivity index (χ4n) is 2.52. The molecule has 1 unspecified atom stereocenters. The Kier molecular flexibility index (Phi) is 5.28. The van der Waals surface area contributed by atoms with Gasteiger partial charge in [0, 0.05) is 24.3 Å². The number of aliphatic carboxylic acids is 1. The smallest absolute Gasteiger partial charge is 0.308 e. The Labute approximate surface area is 144 Å². The van der Waals surface area contributed by atoms with Gasteiger partial charge in [-0.15, -0.1) is 12.4 Å². The van der Waals surface area contributed by atoms with Gasteiger partial charge in [0.2, 0.25) is 0 Å². The van der Waals surface area contributed by atoms with E-state index >= 15 is 0 Å². The first-order chi connectivity index (χ1) is 10.5. The van der Waals surface area contributed by atoms with Crippen molar-refractivity contribution >= 4 is 35.9 Å². The molecular formula is C15H15Cl2N3O3. The van der Waals surface area contributed by atoms with E-state index in [1.807, 2.05) is 6.07 Å². The van der Waals surface area contributed by atoms with Gasteiger partial charge in [-0.1, -0.05) is 17.7 Å². The van der Waals surface area contributed by atoms with E-state index in [0.29, 0.717) is 23.6 Å². The van der Waals surface area contributed by atoms with E-state index in [0.717, 1.165) is 5.69 Å². The van der Waals surface area contributed by atoms with E-state index in [2.05, 4.69) is 5.10 Å². The van der Waals surface area contributed by atoms with Crippen LogP contribution in [0.1, 0.15) is 16.8 Å². The van der Waals surface area contributed by atoms with Crippen molar-refractivity contribution in [2.45, 2.75) is 6.42 Å². The molecule has 0 spiro atoms. The second kappa shape index (κ2) is 7.02. The predicted octanol–water partition coefficient (Wildman–Crippen LogP) is 2.49. The first kappa shape index (κ1) is 17.3. The third-order valence-electron chi connectivity index (χ3n) is 3.73. The van der Waals surface area contributed by atoms with Crippen LogP contribution >= 0.6 is 24.0 Å². The number of benzene rings is 1. The first-order valence-electron chi connectivity index (χ1n) is 6.87. The van der Waals surface area contributed by atoms with E-state index in [1.165, 1.54) is 6.20 Å². The number of likely N-dealkylation sites (tertiary alicyclic amines) is 1. The highest BCUT2D eigenvalue weighted by atomic mass is 35.5. The van der Waals surface area contributed by atoms with Crippen LogP contribution in [0.4, 0.5) is 0 Å². The number of hydrogen-bond donors (Lipinski definition) is 1. The topological polar surface area (TPSA) is 75.4 Å². The highest BCUT2D eigenvalue weighted by molar-refractivity contribution is 6.30. The highest BCUT2D eigenvalue weighted by Crippen LogP contribution is 2.20. The van der Waals surface area contributed by atoms with Gasteiger partial charge in [0.25, 0.3) is 5.91 Å². The highest BCUT2D eigenvalue weighted by Gasteiger charge is 2.31. The number of hydrogen-bond acceptors (Lipinski definition) is 3. The summed E-state index contributed by atoms with van der Waals surface area (Å²) in [6.45, 7) is 0.703. The molecule has 122 valence electrons. The lowest BCUT2D eigenvalue weighted by atomic mass is 10.1. The van der Waals surface area contributed by atoms with E-state index in [1.54, 1.807) is 34.0 Å². The molecule has 3 rings (SSSR count). The van der Waals surface area contributed by atoms with Crippen LogP contribution < -0.4 is 0 Å². The van der Waals surface area contributed by atoms with Gasteiger partial charge in [0.15, 0.2) is 0 Å². The van der Waals surface area contributed by atoms with Crippen LogP contribution in [0.5, 0.6) is 0 Å². The summed E-state index contributed by atoms with van der Waals surface area (Å²) in [5.41, 5.74) is 1.20. The quantitative estimate of drug-likeness (QED) is 0.917. The number of carbonyl (C=O) groups is 2. The maximum atomic E-state index is 12.4. The molecule has 2 heterocycles. The standard InChI is InChI=1S/C15H14ClN3O3.ClH/c16-12-2-1-3-13(6-12)19-9-11(7-17-19)14(20)18-5-4-10(8-18)15(21)22;/h1-3,6-7,9-10H,4-5,8H2,(H,21,22);1H. The molecule has 1 aliphatic rings. The number of nitrogens with zero attached hydrogens (tertiary/aromatic N) is 3. The van der Waals surface area contributed by atoms with Gasteiger partial charge in [-0.05, 0) is 24.6 Å². The van der Waals surface area contributed by atoms with Gasteiger partial charge in [-0.25, -0.2) is 4.68 Å². The van der Waals surface area contributed by atoms with Crippen LogP contribution in [0, 0.1) is 5.92 Å². The summed E-state index contributed by atoms with van der Waals surface area (Å²) >= 11 is 5.94. The molecular weight excluding hydrogens is 341 g/mol. The Bertz CT molecular complexity index is 732. The zero-order chi connectivity index (χ0) is 15.7. The molecule has 1 fully saturated rings. The van der Waals surface area contributed by atoms with Gasteiger partial charge in [0.05, 0.1) is 23.4 Å². The van der Waals surface area contributed by atoms with E-state index in [-0.39, 0.29) is 24.9 Å². The largest absolute Gasteiger partial charge is 0.481 e. The zero-order valence-corrected chi connectivity index (χ0v) is 13.6. The second-order valence-electron chi connectivity index (χ2n) is 5.23. The Morgan fingerprint density at radius 1 is 1.35 bits per heavy atom. The first-order valence-corrected chi connectivity index (χ1v) is 7.25. The maximum Gasteiger partial charge on any atom is 0.308 e. The molecule has 0 aliphatic carbocycles. The molecule has 8 heteroatoms. The Balaban J connectivity index is 0.00000192. The van der Waals surface area contributed by atoms with Crippen LogP contribution in [0.3, 0.4) is 0 Å². The average Bonchev–Trinajstić information content (AvgIpc) is 3.16. The minimum atomic E-state index is -0.857. The van der Waals surface area contributed by atoms with Gasteiger partial charge >= 0.3 is 5.97 Å². The molecule has 1 saturated heterocycles. The van der Waals surface area contributed by atoms with Crippen molar-refractivity contribution in [3.63, 3.8) is 0 Å². The molecule has 1 aromatic heterocycles. The number of carbonyl (C=O) groups excluding carboxylic acids is 1. The van der Waals surface area contributed by atoms with Gasteiger partial charge in [-0.2, -0.15) is 5.10 Å². The minimum absolute atomic E-state index is 0. The number of amides is 1. The molecule has 6 nitrogen and oxygen atoms in total. The Morgan fingerprint density at radius 3 is 2.78 bits per heavy atom. The normalized spacial score (nSPS) is 16.9. The summed E-state index contributed by atoms with van der Waals surface area (Å²) in [5.74, 6) is -1.53. The van der Waals surface area contributed by atoms with Crippen molar-refractivity contribution < 1.29 is 14.7 Å². The van der Waals surface area contributed by atoms with Gasteiger partial charge < -0.3 is 10.0 Å². The van der Waals surface area contributed by atoms with Crippen molar-refractivity contribution in [3.05, 3.63) is 47.2 Å². The van der Waals surface area contributed by atoms with Crippen LogP contribution in [-0.2, 0) is 4.79 Å². The molecule has 0 radical (unpaired) electrons. The lowest BCUT2D eigenvalue weighted by Crippen LogP contribution is -2.29. The van der Waals surface area contributed by atoms with E-state index in [9.17, 15) is 9.59 Å². The van der Waals surface area contributed by atoms with Crippen molar-refractivity contribution in [2.75, 3.05) is 13.1 Å². The van der Waals surface area contributed by atoms with Crippen molar-refractivity contribution in [3.8, 4) is 5.69 Å². The molecule has 0 bridgehead atoms. The van der Waals surface area contributed by atoms with Crippen LogP contribution in [-0.4, -0.2) is 44.8 Å². The van der Waals surface area contributed by atoms with E-state index in [4.69, 9.17) is 16.7 Å². The van der Waals surface area contributed by atoms with Crippen LogP contribution in [0.2, 0.25) is 5.02 Å². The predicted molar refractivity (Wildman–Crippen MR) is 87.5 cm³/mol. The third kappa shape index (κ3) is 3.65. The number of carboxylic acid groups (broad SMARTS) is 1. The molecule has 1 amide bonds. The summed E-state index contributed by atoms with van der Waals surface area (Å²) < 4.78 is 1.57. The molecule has 1 aromatic carbocycles. The van der Waals surface area contributed by atoms with Crippen LogP contribution in [0.15, 0.2) is 36.7 Å². The summed E-state index contributed by atoms with van der Waals surface area (Å²) in [7, 11) is 0. The molecule has 2 aromatic rings. The molecule has 1 aliphatic heterocycles. The fraction of sp³-hybridized carbons (Fsp3) is 0.267. The minimum Gasteiger partial charge on any atom is -0.481 e. The molecule has 1 atom stereocenters. The molecule has 23 heavy (non-hydrogen) atoms. The summed E-state index contributed by atoms with van der Waals surface area (Å²) in [6.07, 6.45) is 3.60. The van der Waals surface area contributed by atoms with Gasteiger partial charge in [0.1, 0.15) is 0 Å². The zero-order valence-electron chi connectivity index (χ0n) is 12.1. The SMILES string of the molecule is Cl.O=C(O)C1CCN(C(=O)c2cnn(-c3cccc(Cl)c3)c2)C1. The van der Waals surface area contributed by atoms with Crippen molar-refractivity contribution in [2.24, 2.45) is 5.92 Å². The van der Waals surface area contributed by atoms with Gasteiger partial charge in [-0.3, -0.25) is 9.59 Å². The van der Waals surface area contributed by atoms with E-state index < -0.39 is 11.9 Å². The summed E-state index contributed by atoms with van der Waals surface area (Å²) in [6, 6.07) is 7.15. The number of rotatable bonds is 3. The Morgan fingerprint density at radius 2 is 2.13 bits per heavy atom. The van der Waals surface area contributed by atoms with Crippen molar-refractivity contribution in [1.82, 2.24) is 14.7 Å². The maximum absolute atomic E-state index is 12.4. The summed E-state index contributed by atoms with van der Waals surface area (Å²) in [4.78, 5) is 24.9. The second-order valence-corrected chi connectivity index (χ2v) is 5.66. The molecule has 0 saturated carbocycles. The summed E-state index contributed by atoms with van der Waals surface area (Å²) in [5, 5.41) is 13.8. The monoisotopic (exact) mass is 355 g/mol. The number of halogens is 2. The number of carboxylic acids is 1. The lowest BCUT2D eigenvalue weighted by molar-refractivity contribution is -0.141. The van der Waals surface area contributed by atoms with Crippen molar-refractivity contribution in [1.29, 1.82) is 0 Å². The number of aromatic nitrogens is 2. The van der Waals surface area contributed by atoms with Crippen LogP contribution in [0.25, 0.3) is 5.69 Å².